The lowest BCUT2D eigenvalue weighted by Gasteiger charge is -2.37. The van der Waals surface area contributed by atoms with E-state index >= 15 is 0 Å². The van der Waals surface area contributed by atoms with Crippen LogP contribution in [0.25, 0.3) is 5.69 Å². The second-order valence-electron chi connectivity index (χ2n) is 11.9. The third-order valence-electron chi connectivity index (χ3n) is 8.04. The van der Waals surface area contributed by atoms with Gasteiger partial charge in [-0.2, -0.15) is 4.98 Å². The lowest BCUT2D eigenvalue weighted by atomic mass is 9.90. The lowest BCUT2D eigenvalue weighted by Crippen LogP contribution is -2.58. The highest BCUT2D eigenvalue weighted by Gasteiger charge is 2.34. The molecule has 5 N–H and O–H groups in total. The van der Waals surface area contributed by atoms with Gasteiger partial charge in [-0.1, -0.05) is 13.0 Å². The van der Waals surface area contributed by atoms with Gasteiger partial charge < -0.3 is 26.0 Å². The molecule has 1 saturated heterocycles. The number of alkyl halides is 3. The number of amides is 3. The summed E-state index contributed by atoms with van der Waals surface area (Å²) in [7, 11) is 0. The molecule has 2 aromatic rings. The molecule has 0 spiro atoms. The number of carbonyl (C=O) groups excluding carboxylic acids is 2. The van der Waals surface area contributed by atoms with Crippen LogP contribution >= 0.6 is 12.4 Å². The van der Waals surface area contributed by atoms with Crippen LogP contribution in [0.2, 0.25) is 0 Å². The van der Waals surface area contributed by atoms with E-state index < -0.39 is 29.4 Å². The zero-order valence-electron chi connectivity index (χ0n) is 25.7. The number of carbonyl (C=O) groups is 2. The van der Waals surface area contributed by atoms with Gasteiger partial charge in [0.1, 0.15) is 11.6 Å². The number of ether oxygens (including phenoxy) is 1. The van der Waals surface area contributed by atoms with Gasteiger partial charge in [0, 0.05) is 62.6 Å². The molecule has 4 rings (SSSR count). The van der Waals surface area contributed by atoms with Gasteiger partial charge in [0.15, 0.2) is 0 Å². The zero-order chi connectivity index (χ0) is 32.2. The number of nitrogens with zero attached hydrogens (tertiary/aromatic N) is 5. The zero-order valence-corrected chi connectivity index (χ0v) is 26.5. The van der Waals surface area contributed by atoms with Gasteiger partial charge in [0.25, 0.3) is 0 Å². The minimum absolute atomic E-state index is 0. The minimum atomic E-state index is -4.93. The van der Waals surface area contributed by atoms with E-state index in [2.05, 4.69) is 19.9 Å². The minimum Gasteiger partial charge on any atom is -0.405 e. The van der Waals surface area contributed by atoms with Crippen LogP contribution in [0.4, 0.5) is 23.8 Å². The van der Waals surface area contributed by atoms with Gasteiger partial charge in [-0.25, -0.2) is 9.59 Å². The molecule has 1 aromatic carbocycles. The van der Waals surface area contributed by atoms with Crippen molar-refractivity contribution in [2.75, 3.05) is 38.0 Å². The highest BCUT2D eigenvalue weighted by molar-refractivity contribution is 5.89. The Labute approximate surface area is 266 Å². The average molecular weight is 659 g/mol. The van der Waals surface area contributed by atoms with Gasteiger partial charge >= 0.3 is 18.1 Å². The van der Waals surface area contributed by atoms with Crippen molar-refractivity contribution < 1.29 is 27.5 Å². The second-order valence-corrected chi connectivity index (χ2v) is 11.9. The summed E-state index contributed by atoms with van der Waals surface area (Å²) >= 11 is 0. The standard InChI is InChI=1S/C29H41F3N8O4.ClH/c1-4-37(21-9-6-20(33)7-10-21)18-19-5-8-22(17-23(19)44-29(30,31)32)40-12-11-24(36-27(40)43)35-26(42)39-15-13-38(14-16-39)25(41)28(2,3)34;/h5,8,11-12,17,20-21H,4,6-7,9-10,13-16,18,33-34H2,1-3H3,(H,35,36,42,43);1H. The molecule has 1 aromatic heterocycles. The average Bonchev–Trinajstić information content (AvgIpc) is 2.95. The number of nitrogens with one attached hydrogen (secondary N) is 1. The van der Waals surface area contributed by atoms with Crippen molar-refractivity contribution in [3.05, 3.63) is 46.5 Å². The molecule has 0 unspecified atom stereocenters. The summed E-state index contributed by atoms with van der Waals surface area (Å²) in [4.78, 5) is 47.2. The first-order chi connectivity index (χ1) is 20.6. The van der Waals surface area contributed by atoms with E-state index in [0.29, 0.717) is 25.2 Å². The van der Waals surface area contributed by atoms with Crippen LogP contribution in [0.3, 0.4) is 0 Å². The molecule has 12 nitrogen and oxygen atoms in total. The number of anilines is 1. The Balaban J connectivity index is 0.00000552. The van der Waals surface area contributed by atoms with E-state index in [1.165, 1.54) is 29.3 Å². The number of hydrogen-bond donors (Lipinski definition) is 3. The molecule has 2 aliphatic rings. The Morgan fingerprint density at radius 1 is 1.07 bits per heavy atom. The molecule has 16 heteroatoms. The Bertz CT molecular complexity index is 1380. The molecule has 45 heavy (non-hydrogen) atoms. The fourth-order valence-electron chi connectivity index (χ4n) is 5.61. The van der Waals surface area contributed by atoms with Gasteiger partial charge in [-0.15, -0.1) is 25.6 Å². The molecule has 0 bridgehead atoms. The van der Waals surface area contributed by atoms with Gasteiger partial charge in [0.05, 0.1) is 11.2 Å². The Kier molecular flexibility index (Phi) is 11.9. The number of piperazine rings is 1. The van der Waals surface area contributed by atoms with Crippen LogP contribution in [-0.2, 0) is 11.3 Å². The van der Waals surface area contributed by atoms with Crippen LogP contribution in [0.1, 0.15) is 52.0 Å². The molecule has 2 fully saturated rings. The summed E-state index contributed by atoms with van der Waals surface area (Å²) in [5.41, 5.74) is 10.6. The van der Waals surface area contributed by atoms with Crippen molar-refractivity contribution >= 4 is 30.2 Å². The predicted octanol–water partition coefficient (Wildman–Crippen LogP) is 3.06. The SMILES string of the molecule is CCN(Cc1ccc(-n2ccc(NC(=O)N3CCN(C(=O)C(C)(C)N)CC3)nc2=O)cc1OC(F)(F)F)C1CCC(N)CC1.Cl. The van der Waals surface area contributed by atoms with Gasteiger partial charge in [-0.05, 0) is 58.2 Å². The Morgan fingerprint density at radius 3 is 2.24 bits per heavy atom. The van der Waals surface area contributed by atoms with Crippen molar-refractivity contribution in [3.8, 4) is 11.4 Å². The van der Waals surface area contributed by atoms with Crippen molar-refractivity contribution in [2.24, 2.45) is 11.5 Å². The van der Waals surface area contributed by atoms with Crippen LogP contribution in [-0.4, -0.2) is 92.9 Å². The summed E-state index contributed by atoms with van der Waals surface area (Å²) < 4.78 is 45.6. The van der Waals surface area contributed by atoms with Crippen LogP contribution < -0.4 is 27.2 Å². The summed E-state index contributed by atoms with van der Waals surface area (Å²) in [5, 5.41) is 2.57. The van der Waals surface area contributed by atoms with Gasteiger partial charge in [-0.3, -0.25) is 19.6 Å². The first-order valence-electron chi connectivity index (χ1n) is 14.8. The summed E-state index contributed by atoms with van der Waals surface area (Å²) in [6, 6.07) is 5.45. The Hall–Kier alpha value is -3.40. The fourth-order valence-corrected chi connectivity index (χ4v) is 5.61. The second kappa shape index (κ2) is 14.8. The number of benzene rings is 1. The molecule has 1 saturated carbocycles. The van der Waals surface area contributed by atoms with Crippen molar-refractivity contribution in [2.45, 2.75) is 77.0 Å². The normalized spacial score (nSPS) is 19.2. The number of halogens is 4. The van der Waals surface area contributed by atoms with Crippen LogP contribution in [0.15, 0.2) is 35.3 Å². The van der Waals surface area contributed by atoms with Crippen LogP contribution in [0.5, 0.6) is 5.75 Å². The van der Waals surface area contributed by atoms with E-state index in [4.69, 9.17) is 11.5 Å². The fraction of sp³-hybridized carbons (Fsp3) is 0.586. The largest absolute Gasteiger partial charge is 0.573 e. The third-order valence-corrected chi connectivity index (χ3v) is 8.04. The number of aromatic nitrogens is 2. The number of urea groups is 1. The molecule has 0 radical (unpaired) electrons. The highest BCUT2D eigenvalue weighted by atomic mass is 35.5. The summed E-state index contributed by atoms with van der Waals surface area (Å²) in [5.74, 6) is -0.635. The number of hydrogen-bond acceptors (Lipinski definition) is 8. The summed E-state index contributed by atoms with van der Waals surface area (Å²) in [6.45, 7) is 7.24. The third kappa shape index (κ3) is 9.55. The molecule has 1 aliphatic heterocycles. The van der Waals surface area contributed by atoms with E-state index in [1.54, 1.807) is 18.7 Å². The van der Waals surface area contributed by atoms with E-state index in [0.717, 1.165) is 36.3 Å². The smallest absolute Gasteiger partial charge is 0.405 e. The molecule has 0 atom stereocenters. The summed E-state index contributed by atoms with van der Waals surface area (Å²) in [6.07, 6.45) is -0.143. The van der Waals surface area contributed by atoms with Crippen molar-refractivity contribution in [1.82, 2.24) is 24.3 Å². The van der Waals surface area contributed by atoms with Crippen molar-refractivity contribution in [1.29, 1.82) is 0 Å². The maximum absolute atomic E-state index is 13.4. The first-order valence-corrected chi connectivity index (χ1v) is 14.8. The maximum Gasteiger partial charge on any atom is 0.573 e. The molecular formula is C29H42ClF3N8O4. The number of nitrogens with two attached hydrogens (primary N) is 2. The molecule has 1 aliphatic carbocycles. The molecular weight excluding hydrogens is 617 g/mol. The predicted molar refractivity (Wildman–Crippen MR) is 166 cm³/mol. The number of rotatable bonds is 8. The first kappa shape index (κ1) is 36.1. The van der Waals surface area contributed by atoms with Gasteiger partial charge in [0.2, 0.25) is 5.91 Å². The molecule has 250 valence electrons. The monoisotopic (exact) mass is 658 g/mol. The highest BCUT2D eigenvalue weighted by Crippen LogP contribution is 2.31. The van der Waals surface area contributed by atoms with Crippen molar-refractivity contribution in [3.63, 3.8) is 0 Å². The lowest BCUT2D eigenvalue weighted by molar-refractivity contribution is -0.275. The molecule has 2 heterocycles. The quantitative estimate of drug-likeness (QED) is 0.392. The molecule has 3 amide bonds. The Morgan fingerprint density at radius 2 is 1.69 bits per heavy atom. The van der Waals surface area contributed by atoms with E-state index in [9.17, 15) is 27.6 Å². The topological polar surface area (TPSA) is 152 Å². The van der Waals surface area contributed by atoms with E-state index in [1.807, 2.05) is 6.92 Å². The van der Waals surface area contributed by atoms with E-state index in [-0.39, 0.29) is 61.5 Å². The maximum atomic E-state index is 13.4. The van der Waals surface area contributed by atoms with Crippen LogP contribution in [0, 0.1) is 0 Å².